The predicted molar refractivity (Wildman–Crippen MR) is 73.6 cm³/mol. The molecule has 1 unspecified atom stereocenters. The van der Waals surface area contributed by atoms with Crippen molar-refractivity contribution in [3.8, 4) is 0 Å². The van der Waals surface area contributed by atoms with E-state index in [9.17, 15) is 0 Å². The Morgan fingerprint density at radius 1 is 1.18 bits per heavy atom. The summed E-state index contributed by atoms with van der Waals surface area (Å²) in [4.78, 5) is 0. The third-order valence-corrected chi connectivity index (χ3v) is 4.39. The quantitative estimate of drug-likeness (QED) is 0.631. The van der Waals surface area contributed by atoms with Crippen molar-refractivity contribution in [2.24, 2.45) is 11.8 Å². The molecule has 0 aromatic heterocycles. The first-order valence-electron chi connectivity index (χ1n) is 6.78. The van der Waals surface area contributed by atoms with E-state index in [1.54, 1.807) is 11.1 Å². The van der Waals surface area contributed by atoms with Gasteiger partial charge >= 0.3 is 0 Å². The van der Waals surface area contributed by atoms with Crippen LogP contribution in [0.1, 0.15) is 37.7 Å². The van der Waals surface area contributed by atoms with Crippen LogP contribution in [0.15, 0.2) is 48.6 Å². The maximum atomic E-state index is 4.00. The van der Waals surface area contributed by atoms with Crippen LogP contribution in [-0.2, 0) is 0 Å². The first-order chi connectivity index (χ1) is 8.38. The van der Waals surface area contributed by atoms with Crippen LogP contribution >= 0.6 is 0 Å². The molecule has 17 heavy (non-hydrogen) atoms. The lowest BCUT2D eigenvalue weighted by Crippen LogP contribution is -2.14. The second-order valence-corrected chi connectivity index (χ2v) is 5.39. The average Bonchev–Trinajstić information content (AvgIpc) is 2.86. The van der Waals surface area contributed by atoms with Gasteiger partial charge < -0.3 is 0 Å². The fraction of sp³-hybridized carbons (Fsp3) is 0.412. The van der Waals surface area contributed by atoms with Crippen molar-refractivity contribution in [2.75, 3.05) is 0 Å². The van der Waals surface area contributed by atoms with Gasteiger partial charge in [-0.2, -0.15) is 0 Å². The normalized spacial score (nSPS) is 28.0. The number of hydrogen-bond acceptors (Lipinski definition) is 0. The van der Waals surface area contributed by atoms with Crippen LogP contribution in [0.5, 0.6) is 0 Å². The summed E-state index contributed by atoms with van der Waals surface area (Å²) in [6, 6.07) is 11.0. The average molecular weight is 224 g/mol. The monoisotopic (exact) mass is 224 g/mol. The highest BCUT2D eigenvalue weighted by atomic mass is 14.4. The highest BCUT2D eigenvalue weighted by molar-refractivity contribution is 5.70. The zero-order valence-electron chi connectivity index (χ0n) is 10.4. The molecule has 1 fully saturated rings. The van der Waals surface area contributed by atoms with E-state index >= 15 is 0 Å². The molecule has 0 aliphatic heterocycles. The molecular formula is C17H20. The minimum Gasteiger partial charge on any atom is -0.103 e. The Morgan fingerprint density at radius 2 is 2.00 bits per heavy atom. The molecule has 3 rings (SSSR count). The molecule has 88 valence electrons. The van der Waals surface area contributed by atoms with Gasteiger partial charge in [0.2, 0.25) is 0 Å². The highest BCUT2D eigenvalue weighted by Gasteiger charge is 2.31. The minimum atomic E-state index is 0.692. The molecule has 0 spiro atoms. The van der Waals surface area contributed by atoms with Crippen LogP contribution in [0.2, 0.25) is 0 Å². The van der Waals surface area contributed by atoms with Crippen molar-refractivity contribution < 1.29 is 0 Å². The Balaban J connectivity index is 2.02. The molecule has 0 N–H and O–H groups in total. The van der Waals surface area contributed by atoms with E-state index in [2.05, 4.69) is 43.0 Å². The Labute approximate surface area is 104 Å². The zero-order valence-corrected chi connectivity index (χ0v) is 10.4. The lowest BCUT2D eigenvalue weighted by atomic mass is 9.76. The smallest absolute Gasteiger partial charge is 0.0190 e. The molecule has 0 bridgehead atoms. The van der Waals surface area contributed by atoms with Gasteiger partial charge in [-0.05, 0) is 55.1 Å². The van der Waals surface area contributed by atoms with Crippen LogP contribution in [0.25, 0.3) is 5.57 Å². The van der Waals surface area contributed by atoms with E-state index in [4.69, 9.17) is 0 Å². The second kappa shape index (κ2) is 4.52. The maximum Gasteiger partial charge on any atom is -0.0190 e. The van der Waals surface area contributed by atoms with Gasteiger partial charge in [-0.25, -0.2) is 0 Å². The molecule has 0 amide bonds. The Hall–Kier alpha value is -1.30. The lowest BCUT2D eigenvalue weighted by molar-refractivity contribution is 0.458. The van der Waals surface area contributed by atoms with Crippen molar-refractivity contribution in [2.45, 2.75) is 32.1 Å². The molecule has 2 aliphatic rings. The van der Waals surface area contributed by atoms with Crippen molar-refractivity contribution in [3.05, 3.63) is 54.1 Å². The third-order valence-electron chi connectivity index (χ3n) is 4.39. The van der Waals surface area contributed by atoms with Gasteiger partial charge in [-0.1, -0.05) is 42.0 Å². The van der Waals surface area contributed by atoms with Crippen LogP contribution in [0, 0.1) is 11.8 Å². The van der Waals surface area contributed by atoms with Gasteiger partial charge in [-0.15, -0.1) is 6.58 Å². The summed E-state index contributed by atoms with van der Waals surface area (Å²) < 4.78 is 0. The third kappa shape index (κ3) is 1.97. The van der Waals surface area contributed by atoms with Gasteiger partial charge in [0.1, 0.15) is 0 Å². The van der Waals surface area contributed by atoms with E-state index in [0.717, 1.165) is 5.92 Å². The van der Waals surface area contributed by atoms with Crippen molar-refractivity contribution in [3.63, 3.8) is 0 Å². The molecule has 0 heterocycles. The molecule has 0 nitrogen and oxygen atoms in total. The SMILES string of the molecule is C=CC1CC(c2ccccc2)=C2CCC[C@@H]2C1. The van der Waals surface area contributed by atoms with Crippen molar-refractivity contribution >= 4 is 5.57 Å². The fourth-order valence-electron chi connectivity index (χ4n) is 3.54. The molecule has 2 aliphatic carbocycles. The number of benzene rings is 1. The summed E-state index contributed by atoms with van der Waals surface area (Å²) in [6.45, 7) is 4.00. The summed E-state index contributed by atoms with van der Waals surface area (Å²) in [5.74, 6) is 1.54. The van der Waals surface area contributed by atoms with Crippen LogP contribution in [-0.4, -0.2) is 0 Å². The predicted octanol–water partition coefficient (Wildman–Crippen LogP) is 4.84. The number of allylic oxidation sites excluding steroid dienone is 3. The highest BCUT2D eigenvalue weighted by Crippen LogP contribution is 2.47. The van der Waals surface area contributed by atoms with E-state index < -0.39 is 0 Å². The van der Waals surface area contributed by atoms with Crippen molar-refractivity contribution in [1.29, 1.82) is 0 Å². The number of fused-ring (bicyclic) bond motifs is 1. The van der Waals surface area contributed by atoms with E-state index in [1.807, 2.05) is 0 Å². The Kier molecular flexibility index (Phi) is 2.88. The molecule has 1 aromatic carbocycles. The molecule has 0 radical (unpaired) electrons. The Bertz CT molecular complexity index is 438. The Morgan fingerprint density at radius 3 is 2.76 bits per heavy atom. The summed E-state index contributed by atoms with van der Waals surface area (Å²) in [7, 11) is 0. The second-order valence-electron chi connectivity index (χ2n) is 5.39. The van der Waals surface area contributed by atoms with Crippen molar-refractivity contribution in [1.82, 2.24) is 0 Å². The first kappa shape index (κ1) is 10.8. The van der Waals surface area contributed by atoms with Crippen LogP contribution < -0.4 is 0 Å². The fourth-order valence-corrected chi connectivity index (χ4v) is 3.54. The molecule has 1 saturated carbocycles. The largest absolute Gasteiger partial charge is 0.103 e. The molecule has 2 atom stereocenters. The van der Waals surface area contributed by atoms with Gasteiger partial charge in [-0.3, -0.25) is 0 Å². The van der Waals surface area contributed by atoms with Crippen LogP contribution in [0.3, 0.4) is 0 Å². The topological polar surface area (TPSA) is 0 Å². The van der Waals surface area contributed by atoms with Gasteiger partial charge in [0, 0.05) is 0 Å². The number of rotatable bonds is 2. The maximum absolute atomic E-state index is 4.00. The lowest BCUT2D eigenvalue weighted by Gasteiger charge is -2.29. The van der Waals surface area contributed by atoms with Gasteiger partial charge in [0.15, 0.2) is 0 Å². The van der Waals surface area contributed by atoms with Crippen LogP contribution in [0.4, 0.5) is 0 Å². The van der Waals surface area contributed by atoms with E-state index in [0.29, 0.717) is 5.92 Å². The van der Waals surface area contributed by atoms with Gasteiger partial charge in [0.05, 0.1) is 0 Å². The number of hydrogen-bond donors (Lipinski definition) is 0. The summed E-state index contributed by atoms with van der Waals surface area (Å²) in [6.07, 6.45) is 8.83. The standard InChI is InChI=1S/C17H20/c1-2-13-11-15-9-6-10-16(15)17(12-13)14-7-4-3-5-8-14/h2-5,7-8,13,15H,1,6,9-12H2/t13?,15-/m1/s1. The van der Waals surface area contributed by atoms with E-state index in [1.165, 1.54) is 37.7 Å². The molecule has 0 saturated heterocycles. The first-order valence-corrected chi connectivity index (χ1v) is 6.78. The molecule has 0 heteroatoms. The van der Waals surface area contributed by atoms with Gasteiger partial charge in [0.25, 0.3) is 0 Å². The summed E-state index contributed by atoms with van der Waals surface area (Å²) >= 11 is 0. The zero-order chi connectivity index (χ0) is 11.7. The molecular weight excluding hydrogens is 204 g/mol. The van der Waals surface area contributed by atoms with E-state index in [-0.39, 0.29) is 0 Å². The molecule has 1 aromatic rings. The minimum absolute atomic E-state index is 0.692. The summed E-state index contributed by atoms with van der Waals surface area (Å²) in [5, 5.41) is 0. The summed E-state index contributed by atoms with van der Waals surface area (Å²) in [5.41, 5.74) is 4.83.